The fourth-order valence-electron chi connectivity index (χ4n) is 2.90. The molecule has 1 aliphatic heterocycles. The van der Waals surface area contributed by atoms with Gasteiger partial charge in [-0.15, -0.1) is 12.4 Å². The van der Waals surface area contributed by atoms with Gasteiger partial charge in [-0.25, -0.2) is 4.98 Å². The number of H-pyrrole nitrogens is 1. The fraction of sp³-hybridized carbons (Fsp3) is 0.529. The maximum atomic E-state index is 4.64. The van der Waals surface area contributed by atoms with Gasteiger partial charge in [0.25, 0.3) is 0 Å². The van der Waals surface area contributed by atoms with Crippen LogP contribution in [0.2, 0.25) is 0 Å². The number of aryl methyl sites for hydroxylation is 1. The van der Waals surface area contributed by atoms with E-state index in [1.807, 2.05) is 19.3 Å². The highest BCUT2D eigenvalue weighted by Crippen LogP contribution is 2.17. The van der Waals surface area contributed by atoms with Gasteiger partial charge >= 0.3 is 0 Å². The Morgan fingerprint density at radius 2 is 1.87 bits per heavy atom. The quantitative estimate of drug-likeness (QED) is 0.881. The monoisotopic (exact) mass is 335 g/mol. The molecular weight excluding hydrogens is 310 g/mol. The number of halogens is 1. The van der Waals surface area contributed by atoms with Gasteiger partial charge < -0.3 is 10.2 Å². The van der Waals surface area contributed by atoms with Crippen LogP contribution in [0.25, 0.3) is 0 Å². The zero-order valence-electron chi connectivity index (χ0n) is 13.7. The molecule has 2 aromatic heterocycles. The lowest BCUT2D eigenvalue weighted by molar-refractivity contribution is 0.688. The summed E-state index contributed by atoms with van der Waals surface area (Å²) in [5.41, 5.74) is 3.57. The first-order chi connectivity index (χ1) is 10.8. The predicted octanol–water partition coefficient (Wildman–Crippen LogP) is 3.21. The summed E-state index contributed by atoms with van der Waals surface area (Å²) in [6.45, 7) is 5.99. The average molecular weight is 336 g/mol. The molecule has 126 valence electrons. The lowest BCUT2D eigenvalue weighted by Crippen LogP contribution is -2.24. The number of rotatable bonds is 5. The van der Waals surface area contributed by atoms with Crippen molar-refractivity contribution in [1.29, 1.82) is 0 Å². The van der Waals surface area contributed by atoms with Gasteiger partial charge in [-0.05, 0) is 31.4 Å². The summed E-state index contributed by atoms with van der Waals surface area (Å²) >= 11 is 0. The van der Waals surface area contributed by atoms with Crippen molar-refractivity contribution in [2.45, 2.75) is 45.7 Å². The van der Waals surface area contributed by atoms with Gasteiger partial charge in [0.1, 0.15) is 5.82 Å². The molecule has 0 spiro atoms. The summed E-state index contributed by atoms with van der Waals surface area (Å²) in [6.07, 6.45) is 9.15. The van der Waals surface area contributed by atoms with Crippen molar-refractivity contribution in [3.05, 3.63) is 41.3 Å². The number of pyridine rings is 1. The van der Waals surface area contributed by atoms with E-state index in [-0.39, 0.29) is 12.4 Å². The fourth-order valence-corrected chi connectivity index (χ4v) is 2.90. The second-order valence-corrected chi connectivity index (χ2v) is 6.05. The second kappa shape index (κ2) is 8.89. The highest BCUT2D eigenvalue weighted by atomic mass is 35.5. The third-order valence-corrected chi connectivity index (χ3v) is 4.32. The van der Waals surface area contributed by atoms with E-state index in [1.54, 1.807) is 0 Å². The molecule has 2 aromatic rings. The van der Waals surface area contributed by atoms with Crippen molar-refractivity contribution in [2.75, 3.05) is 18.0 Å². The number of hydrogen-bond donors (Lipinski definition) is 2. The van der Waals surface area contributed by atoms with Crippen molar-refractivity contribution in [2.24, 2.45) is 0 Å². The number of anilines is 1. The first-order valence-corrected chi connectivity index (χ1v) is 8.22. The van der Waals surface area contributed by atoms with Gasteiger partial charge in [0.2, 0.25) is 0 Å². The largest absolute Gasteiger partial charge is 0.357 e. The van der Waals surface area contributed by atoms with Gasteiger partial charge in [0.05, 0.1) is 6.20 Å². The minimum atomic E-state index is 0. The zero-order chi connectivity index (χ0) is 15.2. The Balaban J connectivity index is 0.00000192. The minimum absolute atomic E-state index is 0. The highest BCUT2D eigenvalue weighted by molar-refractivity contribution is 5.85. The van der Waals surface area contributed by atoms with E-state index in [2.05, 4.69) is 37.5 Å². The van der Waals surface area contributed by atoms with E-state index < -0.39 is 0 Å². The van der Waals surface area contributed by atoms with Crippen molar-refractivity contribution < 1.29 is 0 Å². The molecule has 0 unspecified atom stereocenters. The van der Waals surface area contributed by atoms with Crippen LogP contribution in [-0.4, -0.2) is 28.3 Å². The summed E-state index contributed by atoms with van der Waals surface area (Å²) in [5, 5.41) is 10.4. The van der Waals surface area contributed by atoms with Crippen molar-refractivity contribution in [3.63, 3.8) is 0 Å². The molecule has 0 atom stereocenters. The molecule has 3 rings (SSSR count). The molecule has 0 aliphatic carbocycles. The highest BCUT2D eigenvalue weighted by Gasteiger charge is 2.10. The minimum Gasteiger partial charge on any atom is -0.357 e. The molecule has 6 heteroatoms. The van der Waals surface area contributed by atoms with Crippen LogP contribution in [0.3, 0.4) is 0 Å². The molecule has 5 nitrogen and oxygen atoms in total. The summed E-state index contributed by atoms with van der Waals surface area (Å²) in [5.74, 6) is 1.12. The van der Waals surface area contributed by atoms with Crippen LogP contribution >= 0.6 is 12.4 Å². The first kappa shape index (κ1) is 17.8. The Morgan fingerprint density at radius 1 is 1.09 bits per heavy atom. The molecule has 23 heavy (non-hydrogen) atoms. The van der Waals surface area contributed by atoms with Gasteiger partial charge in [-0.3, -0.25) is 5.10 Å². The van der Waals surface area contributed by atoms with Gasteiger partial charge in [-0.1, -0.05) is 18.9 Å². The Morgan fingerprint density at radius 3 is 2.48 bits per heavy atom. The molecule has 0 saturated carbocycles. The summed E-state index contributed by atoms with van der Waals surface area (Å²) in [6, 6.07) is 4.34. The normalized spacial score (nSPS) is 15.1. The number of aromatic nitrogens is 3. The number of aromatic amines is 1. The van der Waals surface area contributed by atoms with Gasteiger partial charge in [0, 0.05) is 43.6 Å². The van der Waals surface area contributed by atoms with Gasteiger partial charge in [-0.2, -0.15) is 5.10 Å². The molecule has 2 N–H and O–H groups in total. The second-order valence-electron chi connectivity index (χ2n) is 6.05. The van der Waals surface area contributed by atoms with Crippen molar-refractivity contribution >= 4 is 18.2 Å². The predicted molar refractivity (Wildman–Crippen MR) is 96.0 cm³/mol. The number of nitrogens with one attached hydrogen (secondary N) is 2. The van der Waals surface area contributed by atoms with Crippen LogP contribution in [0, 0.1) is 6.92 Å². The Hall–Kier alpha value is -1.59. The molecule has 0 amide bonds. The van der Waals surface area contributed by atoms with Crippen LogP contribution in [0.4, 0.5) is 5.82 Å². The number of nitrogens with zero attached hydrogens (tertiary/aromatic N) is 3. The van der Waals surface area contributed by atoms with E-state index in [4.69, 9.17) is 0 Å². The maximum Gasteiger partial charge on any atom is 0.128 e. The van der Waals surface area contributed by atoms with Crippen molar-refractivity contribution in [3.8, 4) is 0 Å². The molecule has 0 aromatic carbocycles. The van der Waals surface area contributed by atoms with E-state index in [0.717, 1.165) is 37.7 Å². The van der Waals surface area contributed by atoms with E-state index >= 15 is 0 Å². The lowest BCUT2D eigenvalue weighted by Gasteiger charge is -2.21. The number of hydrogen-bond acceptors (Lipinski definition) is 4. The van der Waals surface area contributed by atoms with E-state index in [9.17, 15) is 0 Å². The van der Waals surface area contributed by atoms with E-state index in [0.29, 0.717) is 0 Å². The summed E-state index contributed by atoms with van der Waals surface area (Å²) in [4.78, 5) is 7.06. The molecule has 3 heterocycles. The SMILES string of the molecule is Cc1[nH]ncc1CNCc1ccc(N2CCCCCC2)nc1.Cl. The molecule has 0 radical (unpaired) electrons. The third-order valence-electron chi connectivity index (χ3n) is 4.32. The molecule has 0 bridgehead atoms. The van der Waals surface area contributed by atoms with Crippen LogP contribution in [0.5, 0.6) is 0 Å². The van der Waals surface area contributed by atoms with Crippen LogP contribution in [0.1, 0.15) is 42.5 Å². The van der Waals surface area contributed by atoms with Crippen molar-refractivity contribution in [1.82, 2.24) is 20.5 Å². The zero-order valence-corrected chi connectivity index (χ0v) is 14.5. The standard InChI is InChI=1S/C17H25N5.ClH/c1-14-16(13-20-21-14)12-18-10-15-6-7-17(19-11-15)22-8-4-2-3-5-9-22;/h6-7,11,13,18H,2-5,8-10,12H2,1H3,(H,20,21);1H. The molecular formula is C17H26ClN5. The third kappa shape index (κ3) is 4.94. The smallest absolute Gasteiger partial charge is 0.128 e. The first-order valence-electron chi connectivity index (χ1n) is 8.22. The van der Waals surface area contributed by atoms with Crippen LogP contribution < -0.4 is 10.2 Å². The Bertz CT molecular complexity index is 573. The molecule has 1 saturated heterocycles. The van der Waals surface area contributed by atoms with Gasteiger partial charge in [0.15, 0.2) is 0 Å². The maximum absolute atomic E-state index is 4.64. The van der Waals surface area contributed by atoms with Crippen LogP contribution in [0.15, 0.2) is 24.5 Å². The molecule has 1 aliphatic rings. The lowest BCUT2D eigenvalue weighted by atomic mass is 10.2. The van der Waals surface area contributed by atoms with Crippen LogP contribution in [-0.2, 0) is 13.1 Å². The summed E-state index contributed by atoms with van der Waals surface area (Å²) < 4.78 is 0. The Labute approximate surface area is 144 Å². The van der Waals surface area contributed by atoms with E-state index in [1.165, 1.54) is 36.8 Å². The summed E-state index contributed by atoms with van der Waals surface area (Å²) in [7, 11) is 0. The average Bonchev–Trinajstić information content (AvgIpc) is 2.79. The Kier molecular flexibility index (Phi) is 6.86. The topological polar surface area (TPSA) is 56.8 Å². The molecule has 1 fully saturated rings.